The molecule has 0 saturated carbocycles. The second-order valence-electron chi connectivity index (χ2n) is 3.86. The van der Waals surface area contributed by atoms with Gasteiger partial charge in [-0.1, -0.05) is 6.07 Å². The van der Waals surface area contributed by atoms with Gasteiger partial charge in [0.1, 0.15) is 17.4 Å². The number of phenolic OH excluding ortho intramolecular Hbond substituents is 1. The Labute approximate surface area is 92.7 Å². The summed E-state index contributed by atoms with van der Waals surface area (Å²) in [7, 11) is 0. The Morgan fingerprint density at radius 3 is 2.75 bits per heavy atom. The summed E-state index contributed by atoms with van der Waals surface area (Å²) in [5.41, 5.74) is 4.90. The molecule has 0 bridgehead atoms. The highest BCUT2D eigenvalue weighted by molar-refractivity contribution is 5.78. The highest BCUT2D eigenvalue weighted by Gasteiger charge is 2.28. The van der Waals surface area contributed by atoms with Gasteiger partial charge in [0.05, 0.1) is 5.56 Å². The smallest absolute Gasteiger partial charge is 0.323 e. The van der Waals surface area contributed by atoms with Crippen LogP contribution >= 0.6 is 0 Å². The first-order valence-corrected chi connectivity index (χ1v) is 4.61. The fraction of sp³-hybridized carbons (Fsp3) is 0.273. The van der Waals surface area contributed by atoms with Crippen molar-refractivity contribution in [3.05, 3.63) is 29.3 Å². The third-order valence-electron chi connectivity index (χ3n) is 2.24. The monoisotopic (exact) mass is 220 g/mol. The van der Waals surface area contributed by atoms with Gasteiger partial charge in [-0.15, -0.1) is 0 Å². The van der Waals surface area contributed by atoms with Crippen molar-refractivity contribution in [3.63, 3.8) is 0 Å². The summed E-state index contributed by atoms with van der Waals surface area (Å²) in [5.74, 6) is -1.24. The number of nitriles is 1. The van der Waals surface area contributed by atoms with Crippen LogP contribution in [0.5, 0.6) is 5.75 Å². The number of hydrogen-bond donors (Lipinski definition) is 3. The lowest BCUT2D eigenvalue weighted by atomic mass is 9.93. The van der Waals surface area contributed by atoms with E-state index in [9.17, 15) is 9.90 Å². The van der Waals surface area contributed by atoms with E-state index in [-0.39, 0.29) is 17.7 Å². The number of benzene rings is 1. The van der Waals surface area contributed by atoms with Crippen LogP contribution in [0.1, 0.15) is 18.1 Å². The van der Waals surface area contributed by atoms with Crippen molar-refractivity contribution in [1.29, 1.82) is 5.26 Å². The van der Waals surface area contributed by atoms with Crippen molar-refractivity contribution in [2.75, 3.05) is 0 Å². The van der Waals surface area contributed by atoms with E-state index >= 15 is 0 Å². The summed E-state index contributed by atoms with van der Waals surface area (Å²) in [6.45, 7) is 1.40. The molecule has 0 heterocycles. The zero-order valence-electron chi connectivity index (χ0n) is 8.77. The molecule has 0 amide bonds. The van der Waals surface area contributed by atoms with Crippen molar-refractivity contribution < 1.29 is 15.0 Å². The molecule has 0 aromatic heterocycles. The number of carboxylic acid groups (broad SMARTS) is 1. The Morgan fingerprint density at radius 2 is 2.25 bits per heavy atom. The van der Waals surface area contributed by atoms with Crippen molar-refractivity contribution in [2.45, 2.75) is 18.9 Å². The molecule has 1 aromatic rings. The zero-order valence-corrected chi connectivity index (χ0v) is 8.77. The molecule has 1 aromatic carbocycles. The van der Waals surface area contributed by atoms with E-state index in [1.165, 1.54) is 19.1 Å². The van der Waals surface area contributed by atoms with Gasteiger partial charge in [-0.3, -0.25) is 4.79 Å². The van der Waals surface area contributed by atoms with Crippen molar-refractivity contribution in [2.24, 2.45) is 5.73 Å². The molecule has 0 radical (unpaired) electrons. The lowest BCUT2D eigenvalue weighted by Gasteiger charge is -2.19. The second kappa shape index (κ2) is 4.21. The first-order valence-electron chi connectivity index (χ1n) is 4.61. The van der Waals surface area contributed by atoms with Gasteiger partial charge in [-0.05, 0) is 24.6 Å². The van der Waals surface area contributed by atoms with Crippen LogP contribution < -0.4 is 5.73 Å². The number of aromatic hydroxyl groups is 1. The molecule has 1 rings (SSSR count). The molecule has 0 aliphatic carbocycles. The third-order valence-corrected chi connectivity index (χ3v) is 2.24. The van der Waals surface area contributed by atoms with Gasteiger partial charge in [-0.25, -0.2) is 0 Å². The molecule has 0 spiro atoms. The predicted octanol–water partition coefficient (Wildman–Crippen LogP) is 0.608. The number of rotatable bonds is 3. The highest BCUT2D eigenvalue weighted by atomic mass is 16.4. The van der Waals surface area contributed by atoms with E-state index in [0.717, 1.165) is 0 Å². The summed E-state index contributed by atoms with van der Waals surface area (Å²) in [6.07, 6.45) is 0.0945. The van der Waals surface area contributed by atoms with Crippen LogP contribution in [0.25, 0.3) is 0 Å². The van der Waals surface area contributed by atoms with E-state index in [1.807, 2.05) is 6.07 Å². The number of hydrogen-bond acceptors (Lipinski definition) is 4. The Kier molecular flexibility index (Phi) is 3.16. The minimum atomic E-state index is -1.39. The Balaban J connectivity index is 3.00. The van der Waals surface area contributed by atoms with E-state index in [0.29, 0.717) is 5.56 Å². The summed E-state index contributed by atoms with van der Waals surface area (Å²) in [4.78, 5) is 10.8. The number of carboxylic acids is 1. The van der Waals surface area contributed by atoms with Crippen LogP contribution in [-0.4, -0.2) is 21.7 Å². The van der Waals surface area contributed by atoms with Crippen LogP contribution in [-0.2, 0) is 11.2 Å². The van der Waals surface area contributed by atoms with E-state index in [1.54, 1.807) is 6.07 Å². The quantitative estimate of drug-likeness (QED) is 0.691. The van der Waals surface area contributed by atoms with Gasteiger partial charge in [0.2, 0.25) is 0 Å². The molecular weight excluding hydrogens is 208 g/mol. The van der Waals surface area contributed by atoms with E-state index in [2.05, 4.69) is 0 Å². The van der Waals surface area contributed by atoms with E-state index < -0.39 is 11.5 Å². The first-order chi connectivity index (χ1) is 7.36. The lowest BCUT2D eigenvalue weighted by Crippen LogP contribution is -2.46. The molecule has 0 saturated heterocycles. The Bertz CT molecular complexity index is 461. The standard InChI is InChI=1S/C11H12N2O3/c1-11(13,10(15)16)5-7-2-3-9(14)8(4-7)6-12/h2-4,14H,5,13H2,1H3,(H,15,16). The average Bonchev–Trinajstić information content (AvgIpc) is 2.20. The molecule has 0 fully saturated rings. The van der Waals surface area contributed by atoms with Gasteiger partial charge in [0.25, 0.3) is 0 Å². The molecule has 16 heavy (non-hydrogen) atoms. The topological polar surface area (TPSA) is 107 Å². The number of nitrogens with two attached hydrogens (primary N) is 1. The van der Waals surface area contributed by atoms with Crippen LogP contribution in [0.2, 0.25) is 0 Å². The summed E-state index contributed by atoms with van der Waals surface area (Å²) >= 11 is 0. The van der Waals surface area contributed by atoms with Crippen molar-refractivity contribution in [3.8, 4) is 11.8 Å². The Morgan fingerprint density at radius 1 is 1.62 bits per heavy atom. The Hall–Kier alpha value is -2.06. The summed E-state index contributed by atoms with van der Waals surface area (Å²) in [6, 6.07) is 6.15. The predicted molar refractivity (Wildman–Crippen MR) is 56.8 cm³/mol. The molecule has 4 N–H and O–H groups in total. The van der Waals surface area contributed by atoms with Crippen LogP contribution in [0, 0.1) is 11.3 Å². The third kappa shape index (κ3) is 2.49. The molecule has 84 valence electrons. The average molecular weight is 220 g/mol. The number of aliphatic carboxylic acids is 1. The van der Waals surface area contributed by atoms with Crippen LogP contribution in [0.4, 0.5) is 0 Å². The molecule has 5 heteroatoms. The van der Waals surface area contributed by atoms with Crippen LogP contribution in [0.15, 0.2) is 18.2 Å². The molecule has 0 aliphatic heterocycles. The fourth-order valence-corrected chi connectivity index (χ4v) is 1.28. The van der Waals surface area contributed by atoms with Crippen LogP contribution in [0.3, 0.4) is 0 Å². The first kappa shape index (κ1) is 12.0. The molecule has 0 aliphatic rings. The number of nitrogens with zero attached hydrogens (tertiary/aromatic N) is 1. The van der Waals surface area contributed by atoms with Gasteiger partial charge in [-0.2, -0.15) is 5.26 Å². The lowest BCUT2D eigenvalue weighted by molar-refractivity contribution is -0.142. The molecular formula is C11H12N2O3. The maximum atomic E-state index is 10.8. The largest absolute Gasteiger partial charge is 0.507 e. The minimum absolute atomic E-state index is 0.0945. The van der Waals surface area contributed by atoms with Gasteiger partial charge < -0.3 is 15.9 Å². The molecule has 5 nitrogen and oxygen atoms in total. The zero-order chi connectivity index (χ0) is 12.3. The highest BCUT2D eigenvalue weighted by Crippen LogP contribution is 2.20. The van der Waals surface area contributed by atoms with Gasteiger partial charge >= 0.3 is 5.97 Å². The normalized spacial score (nSPS) is 13.8. The maximum Gasteiger partial charge on any atom is 0.323 e. The fourth-order valence-electron chi connectivity index (χ4n) is 1.28. The van der Waals surface area contributed by atoms with Gasteiger partial charge in [0, 0.05) is 6.42 Å². The molecule has 1 unspecified atom stereocenters. The summed E-state index contributed by atoms with van der Waals surface area (Å²) < 4.78 is 0. The van der Waals surface area contributed by atoms with E-state index in [4.69, 9.17) is 16.1 Å². The SMILES string of the molecule is CC(N)(Cc1ccc(O)c(C#N)c1)C(=O)O. The minimum Gasteiger partial charge on any atom is -0.507 e. The number of carbonyl (C=O) groups is 1. The van der Waals surface area contributed by atoms with Crippen molar-refractivity contribution in [1.82, 2.24) is 0 Å². The summed E-state index contributed by atoms with van der Waals surface area (Å²) in [5, 5.41) is 26.8. The van der Waals surface area contributed by atoms with Crippen molar-refractivity contribution >= 4 is 5.97 Å². The van der Waals surface area contributed by atoms with Gasteiger partial charge in [0.15, 0.2) is 0 Å². The second-order valence-corrected chi connectivity index (χ2v) is 3.86. The number of phenols is 1. The molecule has 1 atom stereocenters. The maximum absolute atomic E-state index is 10.8.